The Morgan fingerprint density at radius 2 is 2.10 bits per heavy atom. The number of halogens is 1. The van der Waals surface area contributed by atoms with Crippen molar-refractivity contribution in [2.24, 2.45) is 0 Å². The fraction of sp³-hybridized carbons (Fsp3) is 0.385. The Morgan fingerprint density at radius 1 is 1.40 bits per heavy atom. The molecule has 0 atom stereocenters. The van der Waals surface area contributed by atoms with Gasteiger partial charge in [0.25, 0.3) is 5.91 Å². The van der Waals surface area contributed by atoms with Crippen LogP contribution in [0.25, 0.3) is 0 Å². The zero-order valence-corrected chi connectivity index (χ0v) is 13.4. The number of anilines is 1. The molecule has 7 heteroatoms. The van der Waals surface area contributed by atoms with Gasteiger partial charge in [-0.2, -0.15) is 0 Å². The first-order chi connectivity index (χ1) is 9.27. The number of hydrogen-bond donors (Lipinski definition) is 1. The van der Waals surface area contributed by atoms with Crippen LogP contribution in [0.15, 0.2) is 22.9 Å². The molecule has 0 aromatic carbocycles. The minimum atomic E-state index is -0.336. The lowest BCUT2D eigenvalue weighted by molar-refractivity contribution is 0.102. The molecule has 20 heavy (non-hydrogen) atoms. The van der Waals surface area contributed by atoms with Crippen LogP contribution in [-0.2, 0) is 5.54 Å². The first-order valence-electron chi connectivity index (χ1n) is 6.14. The predicted molar refractivity (Wildman–Crippen MR) is 79.6 cm³/mol. The van der Waals surface area contributed by atoms with E-state index in [1.807, 2.05) is 33.8 Å². The van der Waals surface area contributed by atoms with E-state index in [1.165, 1.54) is 0 Å². The van der Waals surface area contributed by atoms with Gasteiger partial charge in [0.15, 0.2) is 5.69 Å². The van der Waals surface area contributed by atoms with Gasteiger partial charge in [-0.25, -0.2) is 9.67 Å². The maximum atomic E-state index is 12.1. The van der Waals surface area contributed by atoms with Crippen molar-refractivity contribution in [2.75, 3.05) is 5.32 Å². The second-order valence-electron chi connectivity index (χ2n) is 5.52. The Hall–Kier alpha value is -1.76. The third-order valence-electron chi connectivity index (χ3n) is 2.62. The van der Waals surface area contributed by atoms with E-state index < -0.39 is 0 Å². The first-order valence-corrected chi connectivity index (χ1v) is 6.93. The van der Waals surface area contributed by atoms with E-state index in [0.29, 0.717) is 5.82 Å². The van der Waals surface area contributed by atoms with Gasteiger partial charge in [0.2, 0.25) is 0 Å². The maximum absolute atomic E-state index is 12.1. The van der Waals surface area contributed by atoms with E-state index in [2.05, 4.69) is 36.5 Å². The SMILES string of the molecule is Cc1cnc(NC(=O)c2cn(C(C)(C)C)nn2)c(Br)c1. The Bertz CT molecular complexity index is 644. The molecule has 1 amide bonds. The molecule has 0 saturated heterocycles. The van der Waals surface area contributed by atoms with Gasteiger partial charge in [0, 0.05) is 6.20 Å². The highest BCUT2D eigenvalue weighted by Gasteiger charge is 2.19. The van der Waals surface area contributed by atoms with Crippen LogP contribution in [0, 0.1) is 6.92 Å². The number of aryl methyl sites for hydroxylation is 1. The normalized spacial score (nSPS) is 11.4. The summed E-state index contributed by atoms with van der Waals surface area (Å²) in [5, 5.41) is 10.5. The number of aromatic nitrogens is 4. The average molecular weight is 338 g/mol. The van der Waals surface area contributed by atoms with Crippen LogP contribution in [0.1, 0.15) is 36.8 Å². The molecule has 6 nitrogen and oxygen atoms in total. The third kappa shape index (κ3) is 3.22. The molecular formula is C13H16BrN5O. The predicted octanol–water partition coefficient (Wildman–Crippen LogP) is 2.75. The summed E-state index contributed by atoms with van der Waals surface area (Å²) < 4.78 is 2.38. The minimum Gasteiger partial charge on any atom is -0.304 e. The van der Waals surface area contributed by atoms with E-state index in [1.54, 1.807) is 17.1 Å². The third-order valence-corrected chi connectivity index (χ3v) is 3.23. The van der Waals surface area contributed by atoms with Crippen LogP contribution in [0.3, 0.4) is 0 Å². The van der Waals surface area contributed by atoms with Gasteiger partial charge in [-0.1, -0.05) is 5.21 Å². The Kier molecular flexibility index (Phi) is 3.89. The lowest BCUT2D eigenvalue weighted by Crippen LogP contribution is -2.22. The second-order valence-corrected chi connectivity index (χ2v) is 6.37. The van der Waals surface area contributed by atoms with Gasteiger partial charge in [0.1, 0.15) is 5.82 Å². The summed E-state index contributed by atoms with van der Waals surface area (Å²) in [7, 11) is 0. The van der Waals surface area contributed by atoms with E-state index in [0.717, 1.165) is 10.0 Å². The summed E-state index contributed by atoms with van der Waals surface area (Å²) in [6.45, 7) is 7.89. The molecule has 0 unspecified atom stereocenters. The van der Waals surface area contributed by atoms with Crippen LogP contribution in [0.4, 0.5) is 5.82 Å². The minimum absolute atomic E-state index is 0.214. The molecule has 2 aromatic rings. The van der Waals surface area contributed by atoms with Crippen molar-refractivity contribution < 1.29 is 4.79 Å². The standard InChI is InChI=1S/C13H16BrN5O/c1-8-5-9(14)11(15-6-8)16-12(20)10-7-19(18-17-10)13(2,3)4/h5-7H,1-4H3,(H,15,16,20). The molecule has 0 saturated carbocycles. The summed E-state index contributed by atoms with van der Waals surface area (Å²) in [5.74, 6) is 0.128. The first kappa shape index (κ1) is 14.6. The molecule has 106 valence electrons. The Labute approximate surface area is 125 Å². The Balaban J connectivity index is 2.18. The van der Waals surface area contributed by atoms with Gasteiger partial charge in [-0.05, 0) is 55.3 Å². The van der Waals surface area contributed by atoms with Crippen LogP contribution < -0.4 is 5.32 Å². The molecule has 0 radical (unpaired) electrons. The van der Waals surface area contributed by atoms with E-state index in [-0.39, 0.29) is 17.1 Å². The largest absolute Gasteiger partial charge is 0.304 e. The van der Waals surface area contributed by atoms with Crippen molar-refractivity contribution in [3.63, 3.8) is 0 Å². The molecule has 2 rings (SSSR count). The Morgan fingerprint density at radius 3 is 2.65 bits per heavy atom. The van der Waals surface area contributed by atoms with Crippen LogP contribution in [-0.4, -0.2) is 25.9 Å². The van der Waals surface area contributed by atoms with Crippen LogP contribution in [0.2, 0.25) is 0 Å². The van der Waals surface area contributed by atoms with Crippen molar-refractivity contribution >= 4 is 27.7 Å². The van der Waals surface area contributed by atoms with Crippen molar-refractivity contribution in [1.82, 2.24) is 20.0 Å². The fourth-order valence-electron chi connectivity index (χ4n) is 1.49. The molecule has 0 aliphatic heterocycles. The van der Waals surface area contributed by atoms with Gasteiger partial charge in [0.05, 0.1) is 16.2 Å². The van der Waals surface area contributed by atoms with Gasteiger partial charge >= 0.3 is 0 Å². The quantitative estimate of drug-likeness (QED) is 0.914. The number of carbonyl (C=O) groups excluding carboxylic acids is 1. The van der Waals surface area contributed by atoms with Crippen molar-refractivity contribution in [2.45, 2.75) is 33.2 Å². The molecule has 2 aromatic heterocycles. The summed E-state index contributed by atoms with van der Waals surface area (Å²) in [5.41, 5.74) is 1.05. The molecule has 1 N–H and O–H groups in total. The average Bonchev–Trinajstić information content (AvgIpc) is 2.82. The fourth-order valence-corrected chi connectivity index (χ4v) is 2.06. The van der Waals surface area contributed by atoms with Gasteiger partial charge in [-0.3, -0.25) is 4.79 Å². The number of rotatable bonds is 2. The van der Waals surface area contributed by atoms with E-state index >= 15 is 0 Å². The van der Waals surface area contributed by atoms with Crippen LogP contribution >= 0.6 is 15.9 Å². The summed E-state index contributed by atoms with van der Waals surface area (Å²) in [6.07, 6.45) is 3.31. The number of carbonyl (C=O) groups is 1. The summed E-state index contributed by atoms with van der Waals surface area (Å²) in [6, 6.07) is 1.88. The number of hydrogen-bond acceptors (Lipinski definition) is 4. The lowest BCUT2D eigenvalue weighted by Gasteiger charge is -2.17. The highest BCUT2D eigenvalue weighted by molar-refractivity contribution is 9.10. The highest BCUT2D eigenvalue weighted by Crippen LogP contribution is 2.21. The number of nitrogens with zero attached hydrogens (tertiary/aromatic N) is 4. The van der Waals surface area contributed by atoms with Gasteiger partial charge in [-0.15, -0.1) is 5.10 Å². The van der Waals surface area contributed by atoms with Crippen molar-refractivity contribution in [1.29, 1.82) is 0 Å². The number of nitrogens with one attached hydrogen (secondary N) is 1. The number of amides is 1. The van der Waals surface area contributed by atoms with Crippen molar-refractivity contribution in [3.05, 3.63) is 34.2 Å². The zero-order valence-electron chi connectivity index (χ0n) is 11.8. The van der Waals surface area contributed by atoms with Gasteiger partial charge < -0.3 is 5.32 Å². The topological polar surface area (TPSA) is 72.7 Å². The number of pyridine rings is 1. The monoisotopic (exact) mass is 337 g/mol. The molecule has 2 heterocycles. The lowest BCUT2D eigenvalue weighted by atomic mass is 10.1. The van der Waals surface area contributed by atoms with E-state index in [9.17, 15) is 4.79 Å². The highest BCUT2D eigenvalue weighted by atomic mass is 79.9. The summed E-state index contributed by atoms with van der Waals surface area (Å²) in [4.78, 5) is 16.3. The smallest absolute Gasteiger partial charge is 0.279 e. The molecule has 0 fully saturated rings. The van der Waals surface area contributed by atoms with Crippen LogP contribution in [0.5, 0.6) is 0 Å². The molecule has 0 bridgehead atoms. The molecule has 0 spiro atoms. The molecule has 0 aliphatic rings. The second kappa shape index (κ2) is 5.32. The van der Waals surface area contributed by atoms with E-state index in [4.69, 9.17) is 0 Å². The maximum Gasteiger partial charge on any atom is 0.279 e. The zero-order chi connectivity index (χ0) is 14.9. The van der Waals surface area contributed by atoms with Crippen molar-refractivity contribution in [3.8, 4) is 0 Å². The molecule has 0 aliphatic carbocycles. The molecular weight excluding hydrogens is 322 g/mol. The summed E-state index contributed by atoms with van der Waals surface area (Å²) >= 11 is 3.37.